The number of rotatable bonds is 3. The SMILES string of the molecule is Cc1ccc(F)c(Nc2ccc(C#N)c([N+](=O)[O-])c2)c1F. The van der Waals surface area contributed by atoms with Crippen LogP contribution in [-0.2, 0) is 0 Å². The highest BCUT2D eigenvalue weighted by Gasteiger charge is 2.16. The summed E-state index contributed by atoms with van der Waals surface area (Å²) in [7, 11) is 0. The first kappa shape index (κ1) is 14.4. The van der Waals surface area contributed by atoms with E-state index in [0.717, 1.165) is 12.1 Å². The average molecular weight is 289 g/mol. The second kappa shape index (κ2) is 5.54. The molecule has 21 heavy (non-hydrogen) atoms. The lowest BCUT2D eigenvalue weighted by Crippen LogP contribution is -2.01. The van der Waals surface area contributed by atoms with E-state index in [-0.39, 0.29) is 16.8 Å². The van der Waals surface area contributed by atoms with Crippen molar-refractivity contribution in [2.75, 3.05) is 5.32 Å². The van der Waals surface area contributed by atoms with Gasteiger partial charge < -0.3 is 5.32 Å². The molecule has 0 atom stereocenters. The van der Waals surface area contributed by atoms with Crippen LogP contribution in [0.4, 0.5) is 25.8 Å². The lowest BCUT2D eigenvalue weighted by molar-refractivity contribution is -0.385. The third kappa shape index (κ3) is 2.79. The summed E-state index contributed by atoms with van der Waals surface area (Å²) >= 11 is 0. The van der Waals surface area contributed by atoms with Gasteiger partial charge in [0.25, 0.3) is 5.69 Å². The molecule has 0 fully saturated rings. The molecule has 0 aliphatic heterocycles. The lowest BCUT2D eigenvalue weighted by Gasteiger charge is -2.10. The van der Waals surface area contributed by atoms with E-state index in [9.17, 15) is 18.9 Å². The van der Waals surface area contributed by atoms with Crippen molar-refractivity contribution in [3.63, 3.8) is 0 Å². The minimum atomic E-state index is -0.815. The highest BCUT2D eigenvalue weighted by molar-refractivity contribution is 5.66. The maximum Gasteiger partial charge on any atom is 0.289 e. The molecule has 0 saturated heterocycles. The molecule has 0 saturated carbocycles. The second-order valence-corrected chi connectivity index (χ2v) is 4.28. The molecule has 2 rings (SSSR count). The highest BCUT2D eigenvalue weighted by atomic mass is 19.1. The highest BCUT2D eigenvalue weighted by Crippen LogP contribution is 2.28. The molecular weight excluding hydrogens is 280 g/mol. The average Bonchev–Trinajstić information content (AvgIpc) is 2.47. The van der Waals surface area contributed by atoms with Gasteiger partial charge in [-0.1, -0.05) is 6.07 Å². The molecule has 7 heteroatoms. The molecule has 0 radical (unpaired) electrons. The maximum absolute atomic E-state index is 13.9. The van der Waals surface area contributed by atoms with Gasteiger partial charge in [-0.05, 0) is 30.7 Å². The molecule has 0 bridgehead atoms. The van der Waals surface area contributed by atoms with Crippen molar-refractivity contribution in [3.8, 4) is 6.07 Å². The van der Waals surface area contributed by atoms with Gasteiger partial charge in [0, 0.05) is 11.8 Å². The van der Waals surface area contributed by atoms with E-state index in [1.807, 2.05) is 0 Å². The number of halogens is 2. The fourth-order valence-corrected chi connectivity index (χ4v) is 1.77. The minimum Gasteiger partial charge on any atom is -0.351 e. The Labute approximate surface area is 118 Å². The molecule has 0 aliphatic carbocycles. The van der Waals surface area contributed by atoms with Crippen molar-refractivity contribution < 1.29 is 13.7 Å². The van der Waals surface area contributed by atoms with Crippen LogP contribution in [0.1, 0.15) is 11.1 Å². The van der Waals surface area contributed by atoms with E-state index in [1.165, 1.54) is 25.1 Å². The number of nitrogens with one attached hydrogen (secondary N) is 1. The number of aryl methyl sites for hydroxylation is 1. The van der Waals surface area contributed by atoms with E-state index in [0.29, 0.717) is 0 Å². The zero-order valence-corrected chi connectivity index (χ0v) is 10.9. The number of hydrogen-bond donors (Lipinski definition) is 1. The van der Waals surface area contributed by atoms with Crippen molar-refractivity contribution in [2.24, 2.45) is 0 Å². The zero-order valence-electron chi connectivity index (χ0n) is 10.9. The predicted octanol–water partition coefficient (Wildman–Crippen LogP) is 3.80. The van der Waals surface area contributed by atoms with Crippen LogP contribution < -0.4 is 5.32 Å². The summed E-state index contributed by atoms with van der Waals surface area (Å²) in [5, 5.41) is 22.1. The summed E-state index contributed by atoms with van der Waals surface area (Å²) in [4.78, 5) is 10.1. The molecule has 0 spiro atoms. The smallest absolute Gasteiger partial charge is 0.289 e. The van der Waals surface area contributed by atoms with Crippen LogP contribution in [-0.4, -0.2) is 4.92 Å². The van der Waals surface area contributed by atoms with E-state index < -0.39 is 27.9 Å². The third-order valence-electron chi connectivity index (χ3n) is 2.87. The summed E-state index contributed by atoms with van der Waals surface area (Å²) in [6.45, 7) is 1.47. The largest absolute Gasteiger partial charge is 0.351 e. The molecule has 5 nitrogen and oxygen atoms in total. The molecule has 0 heterocycles. The van der Waals surface area contributed by atoms with Crippen LogP contribution in [0.3, 0.4) is 0 Å². The number of anilines is 2. The van der Waals surface area contributed by atoms with Gasteiger partial charge in [-0.25, -0.2) is 8.78 Å². The Balaban J connectivity index is 2.46. The van der Waals surface area contributed by atoms with Crippen molar-refractivity contribution in [3.05, 3.63) is 63.2 Å². The van der Waals surface area contributed by atoms with Crippen LogP contribution in [0.25, 0.3) is 0 Å². The molecule has 1 N–H and O–H groups in total. The fourth-order valence-electron chi connectivity index (χ4n) is 1.77. The van der Waals surface area contributed by atoms with Crippen LogP contribution >= 0.6 is 0 Å². The van der Waals surface area contributed by atoms with Crippen molar-refractivity contribution in [1.29, 1.82) is 5.26 Å². The normalized spacial score (nSPS) is 10.0. The molecular formula is C14H9F2N3O2. The number of benzene rings is 2. The van der Waals surface area contributed by atoms with Gasteiger partial charge in [0.1, 0.15) is 23.1 Å². The Hall–Kier alpha value is -3.01. The summed E-state index contributed by atoms with van der Waals surface area (Å²) in [5.41, 5.74) is -0.605. The van der Waals surface area contributed by atoms with Crippen molar-refractivity contribution in [2.45, 2.75) is 6.92 Å². The molecule has 0 aromatic heterocycles. The molecule has 2 aromatic rings. The van der Waals surface area contributed by atoms with Crippen molar-refractivity contribution >= 4 is 17.1 Å². The molecule has 0 aliphatic rings. The Morgan fingerprint density at radius 3 is 2.62 bits per heavy atom. The van der Waals surface area contributed by atoms with Crippen LogP contribution in [0.5, 0.6) is 0 Å². The van der Waals surface area contributed by atoms with Gasteiger partial charge in [0.2, 0.25) is 0 Å². The summed E-state index contributed by atoms with van der Waals surface area (Å²) in [5.74, 6) is -1.59. The lowest BCUT2D eigenvalue weighted by atomic mass is 10.1. The van der Waals surface area contributed by atoms with Gasteiger partial charge >= 0.3 is 0 Å². The number of nitriles is 1. The zero-order chi connectivity index (χ0) is 15.6. The van der Waals surface area contributed by atoms with Crippen LogP contribution in [0.15, 0.2) is 30.3 Å². The topological polar surface area (TPSA) is 79.0 Å². The van der Waals surface area contributed by atoms with Gasteiger partial charge in [-0.3, -0.25) is 10.1 Å². The Bertz CT molecular complexity index is 770. The molecule has 0 amide bonds. The van der Waals surface area contributed by atoms with E-state index in [2.05, 4.69) is 5.32 Å². The maximum atomic E-state index is 13.9. The standard InChI is InChI=1S/C14H9F2N3O2/c1-8-2-5-11(15)14(13(8)16)18-10-4-3-9(7-17)12(6-10)19(20)21/h2-6,18H,1H3. The van der Waals surface area contributed by atoms with Gasteiger partial charge in [-0.2, -0.15) is 5.26 Å². The Morgan fingerprint density at radius 2 is 2.00 bits per heavy atom. The first-order valence-electron chi connectivity index (χ1n) is 5.84. The van der Waals surface area contributed by atoms with E-state index in [1.54, 1.807) is 6.07 Å². The van der Waals surface area contributed by atoms with E-state index >= 15 is 0 Å². The van der Waals surface area contributed by atoms with Gasteiger partial charge in [-0.15, -0.1) is 0 Å². The first-order chi connectivity index (χ1) is 9.93. The number of nitro benzene ring substituents is 1. The quantitative estimate of drug-likeness (QED) is 0.688. The van der Waals surface area contributed by atoms with E-state index in [4.69, 9.17) is 5.26 Å². The predicted molar refractivity (Wildman–Crippen MR) is 72.2 cm³/mol. The second-order valence-electron chi connectivity index (χ2n) is 4.28. The molecule has 106 valence electrons. The Kier molecular flexibility index (Phi) is 3.80. The third-order valence-corrected chi connectivity index (χ3v) is 2.87. The fraction of sp³-hybridized carbons (Fsp3) is 0.0714. The minimum absolute atomic E-state index is 0.115. The molecule has 2 aromatic carbocycles. The first-order valence-corrected chi connectivity index (χ1v) is 5.84. The monoisotopic (exact) mass is 289 g/mol. The summed E-state index contributed by atoms with van der Waals surface area (Å²) in [6, 6.07) is 7.68. The summed E-state index contributed by atoms with van der Waals surface area (Å²) < 4.78 is 27.5. The number of nitro groups is 1. The van der Waals surface area contributed by atoms with Crippen molar-refractivity contribution in [1.82, 2.24) is 0 Å². The van der Waals surface area contributed by atoms with Gasteiger partial charge in [0.05, 0.1) is 4.92 Å². The summed E-state index contributed by atoms with van der Waals surface area (Å²) in [6.07, 6.45) is 0. The van der Waals surface area contributed by atoms with Crippen LogP contribution in [0.2, 0.25) is 0 Å². The molecule has 0 unspecified atom stereocenters. The Morgan fingerprint density at radius 1 is 1.29 bits per heavy atom. The van der Waals surface area contributed by atoms with Crippen LogP contribution in [0, 0.1) is 40.0 Å². The number of hydrogen-bond acceptors (Lipinski definition) is 4. The van der Waals surface area contributed by atoms with Gasteiger partial charge in [0.15, 0.2) is 5.82 Å². The number of nitrogens with zero attached hydrogens (tertiary/aromatic N) is 2.